The lowest BCUT2D eigenvalue weighted by Gasteiger charge is -2.09. The minimum atomic E-state index is -0.505. The van der Waals surface area contributed by atoms with Crippen LogP contribution >= 0.6 is 11.6 Å². The van der Waals surface area contributed by atoms with E-state index in [0.29, 0.717) is 11.1 Å². The van der Waals surface area contributed by atoms with Crippen molar-refractivity contribution in [2.75, 3.05) is 0 Å². The lowest BCUT2D eigenvalue weighted by molar-refractivity contribution is 0.0951. The molecule has 0 unspecified atom stereocenters. The van der Waals surface area contributed by atoms with Gasteiger partial charge in [-0.25, -0.2) is 8.78 Å². The number of aliphatic hydroxyl groups is 1. The molecule has 0 aliphatic rings. The maximum Gasteiger partial charge on any atom is 0.253 e. The number of halogens is 3. The number of benzene rings is 2. The predicted molar refractivity (Wildman–Crippen MR) is 79.6 cm³/mol. The van der Waals surface area contributed by atoms with E-state index < -0.39 is 24.1 Å². The normalized spacial score (nSPS) is 10.6. The summed E-state index contributed by atoms with van der Waals surface area (Å²) in [7, 11) is 0. The van der Waals surface area contributed by atoms with Gasteiger partial charge in [0.1, 0.15) is 11.6 Å². The Balaban J connectivity index is 2.12. The van der Waals surface area contributed by atoms with Crippen molar-refractivity contribution in [3.8, 4) is 0 Å². The lowest BCUT2D eigenvalue weighted by atomic mass is 10.1. The van der Waals surface area contributed by atoms with Gasteiger partial charge in [0, 0.05) is 12.1 Å². The maximum absolute atomic E-state index is 13.3. The molecule has 2 aromatic carbocycles. The van der Waals surface area contributed by atoms with Crippen molar-refractivity contribution >= 4 is 17.5 Å². The maximum atomic E-state index is 13.3. The van der Waals surface area contributed by atoms with Crippen molar-refractivity contribution in [2.24, 2.45) is 0 Å². The third-order valence-electron chi connectivity index (χ3n) is 3.23. The van der Waals surface area contributed by atoms with Crippen LogP contribution in [-0.4, -0.2) is 11.0 Å². The molecule has 6 heteroatoms. The molecule has 0 aliphatic carbocycles. The summed E-state index contributed by atoms with van der Waals surface area (Å²) in [6, 6.07) is 6.66. The molecule has 0 heterocycles. The third kappa shape index (κ3) is 3.61. The fourth-order valence-corrected chi connectivity index (χ4v) is 2.20. The number of hydrogen-bond acceptors (Lipinski definition) is 2. The predicted octanol–water partition coefficient (Wildman–Crippen LogP) is 3.35. The molecule has 0 atom stereocenters. The Kier molecular flexibility index (Phi) is 5.11. The Morgan fingerprint density at radius 2 is 1.95 bits per heavy atom. The van der Waals surface area contributed by atoms with Gasteiger partial charge >= 0.3 is 0 Å². The van der Waals surface area contributed by atoms with Crippen LogP contribution in [-0.2, 0) is 13.2 Å². The number of amides is 1. The molecule has 3 nitrogen and oxygen atoms in total. The molecule has 0 bridgehead atoms. The SMILES string of the molecule is Cc1cc(C(=O)NCc2ccc(F)c(CO)c2)c(Cl)cc1F. The Morgan fingerprint density at radius 1 is 1.23 bits per heavy atom. The number of hydrogen-bond donors (Lipinski definition) is 2. The first-order valence-corrected chi connectivity index (χ1v) is 6.92. The largest absolute Gasteiger partial charge is 0.392 e. The average molecular weight is 326 g/mol. The number of nitrogens with one attached hydrogen (secondary N) is 1. The lowest BCUT2D eigenvalue weighted by Crippen LogP contribution is -2.23. The molecule has 0 spiro atoms. The first-order valence-electron chi connectivity index (χ1n) is 6.54. The molecule has 2 rings (SSSR count). The van der Waals surface area contributed by atoms with Crippen LogP contribution in [0.2, 0.25) is 5.02 Å². The van der Waals surface area contributed by atoms with Crippen molar-refractivity contribution < 1.29 is 18.7 Å². The first kappa shape index (κ1) is 16.4. The van der Waals surface area contributed by atoms with Gasteiger partial charge in [-0.05, 0) is 42.3 Å². The van der Waals surface area contributed by atoms with Crippen LogP contribution in [0.25, 0.3) is 0 Å². The standard InChI is InChI=1S/C16H14ClF2NO2/c1-9-4-12(13(17)6-15(9)19)16(22)20-7-10-2-3-14(18)11(5-10)8-21/h2-6,21H,7-8H2,1H3,(H,20,22). The van der Waals surface area contributed by atoms with Crippen molar-refractivity contribution in [2.45, 2.75) is 20.1 Å². The van der Waals surface area contributed by atoms with E-state index in [1.807, 2.05) is 0 Å². The zero-order valence-corrected chi connectivity index (χ0v) is 12.5. The minimum Gasteiger partial charge on any atom is -0.392 e. The molecule has 0 saturated carbocycles. The summed E-state index contributed by atoms with van der Waals surface area (Å²) in [6.45, 7) is 1.26. The molecule has 0 aliphatic heterocycles. The van der Waals surface area contributed by atoms with Gasteiger partial charge < -0.3 is 10.4 Å². The van der Waals surface area contributed by atoms with Crippen LogP contribution in [0.3, 0.4) is 0 Å². The highest BCUT2D eigenvalue weighted by atomic mass is 35.5. The summed E-state index contributed by atoms with van der Waals surface area (Å²) in [6.07, 6.45) is 0. The summed E-state index contributed by atoms with van der Waals surface area (Å²) in [5.41, 5.74) is 1.28. The Hall–Kier alpha value is -1.98. The summed E-state index contributed by atoms with van der Waals surface area (Å²) in [5, 5.41) is 11.7. The second-order valence-electron chi connectivity index (χ2n) is 4.85. The molecule has 0 radical (unpaired) electrons. The fourth-order valence-electron chi connectivity index (χ4n) is 1.97. The van der Waals surface area contributed by atoms with E-state index in [1.165, 1.54) is 31.2 Å². The molecule has 2 aromatic rings. The Morgan fingerprint density at radius 3 is 2.64 bits per heavy atom. The Bertz CT molecular complexity index is 720. The van der Waals surface area contributed by atoms with E-state index in [0.717, 1.165) is 6.07 Å². The number of aryl methyl sites for hydroxylation is 1. The van der Waals surface area contributed by atoms with Gasteiger partial charge in [-0.3, -0.25) is 4.79 Å². The van der Waals surface area contributed by atoms with E-state index in [-0.39, 0.29) is 22.7 Å². The minimum absolute atomic E-state index is 0.0238. The van der Waals surface area contributed by atoms with E-state index in [2.05, 4.69) is 5.32 Å². The molecule has 116 valence electrons. The van der Waals surface area contributed by atoms with Crippen LogP contribution in [0.15, 0.2) is 30.3 Å². The van der Waals surface area contributed by atoms with Gasteiger partial charge in [0.2, 0.25) is 0 Å². The molecular formula is C16H14ClF2NO2. The highest BCUT2D eigenvalue weighted by molar-refractivity contribution is 6.33. The van der Waals surface area contributed by atoms with Crippen LogP contribution in [0, 0.1) is 18.6 Å². The van der Waals surface area contributed by atoms with E-state index in [1.54, 1.807) is 0 Å². The van der Waals surface area contributed by atoms with Gasteiger partial charge in [-0.15, -0.1) is 0 Å². The van der Waals surface area contributed by atoms with Crippen molar-refractivity contribution in [3.63, 3.8) is 0 Å². The van der Waals surface area contributed by atoms with Gasteiger partial charge in [0.25, 0.3) is 5.91 Å². The smallest absolute Gasteiger partial charge is 0.253 e. The molecule has 1 amide bonds. The second-order valence-corrected chi connectivity index (χ2v) is 5.25. The van der Waals surface area contributed by atoms with Gasteiger partial charge in [-0.1, -0.05) is 17.7 Å². The summed E-state index contributed by atoms with van der Waals surface area (Å²) >= 11 is 5.86. The van der Waals surface area contributed by atoms with Crippen LogP contribution < -0.4 is 5.32 Å². The van der Waals surface area contributed by atoms with Gasteiger partial charge in [0.15, 0.2) is 0 Å². The number of rotatable bonds is 4. The molecule has 22 heavy (non-hydrogen) atoms. The highest BCUT2D eigenvalue weighted by Crippen LogP contribution is 2.20. The van der Waals surface area contributed by atoms with E-state index in [4.69, 9.17) is 16.7 Å². The number of carbonyl (C=O) groups is 1. The Labute approximate surface area is 131 Å². The van der Waals surface area contributed by atoms with Crippen LogP contribution in [0.1, 0.15) is 27.0 Å². The van der Waals surface area contributed by atoms with Gasteiger partial charge in [-0.2, -0.15) is 0 Å². The average Bonchev–Trinajstić information content (AvgIpc) is 2.49. The number of carbonyl (C=O) groups excluding carboxylic acids is 1. The third-order valence-corrected chi connectivity index (χ3v) is 3.54. The second kappa shape index (κ2) is 6.85. The summed E-state index contributed by atoms with van der Waals surface area (Å²) in [4.78, 5) is 12.1. The van der Waals surface area contributed by atoms with Crippen LogP contribution in [0.4, 0.5) is 8.78 Å². The van der Waals surface area contributed by atoms with Crippen molar-refractivity contribution in [3.05, 3.63) is 69.2 Å². The number of aliphatic hydroxyl groups excluding tert-OH is 1. The summed E-state index contributed by atoms with van der Waals surface area (Å²) in [5.74, 6) is -1.44. The molecule has 0 fully saturated rings. The van der Waals surface area contributed by atoms with E-state index in [9.17, 15) is 13.6 Å². The van der Waals surface area contributed by atoms with Crippen LogP contribution in [0.5, 0.6) is 0 Å². The fraction of sp³-hybridized carbons (Fsp3) is 0.188. The molecule has 0 saturated heterocycles. The highest BCUT2D eigenvalue weighted by Gasteiger charge is 2.13. The zero-order chi connectivity index (χ0) is 16.3. The molecule has 0 aromatic heterocycles. The monoisotopic (exact) mass is 325 g/mol. The van der Waals surface area contributed by atoms with Crippen molar-refractivity contribution in [1.29, 1.82) is 0 Å². The molecule has 2 N–H and O–H groups in total. The molecular weight excluding hydrogens is 312 g/mol. The van der Waals surface area contributed by atoms with Gasteiger partial charge in [0.05, 0.1) is 17.2 Å². The first-order chi connectivity index (χ1) is 10.4. The topological polar surface area (TPSA) is 49.3 Å². The quantitative estimate of drug-likeness (QED) is 0.905. The van der Waals surface area contributed by atoms with Crippen molar-refractivity contribution in [1.82, 2.24) is 5.32 Å². The zero-order valence-electron chi connectivity index (χ0n) is 11.8. The summed E-state index contributed by atoms with van der Waals surface area (Å²) < 4.78 is 26.6. The van der Waals surface area contributed by atoms with E-state index >= 15 is 0 Å².